The monoisotopic (exact) mass is 222 g/mol. The van der Waals surface area contributed by atoms with Gasteiger partial charge in [0, 0.05) is 11.5 Å². The van der Waals surface area contributed by atoms with E-state index < -0.39 is 0 Å². The van der Waals surface area contributed by atoms with Crippen molar-refractivity contribution in [2.24, 2.45) is 11.8 Å². The lowest BCUT2D eigenvalue weighted by molar-refractivity contribution is -0.119. The van der Waals surface area contributed by atoms with Crippen LogP contribution in [0.2, 0.25) is 0 Å². The van der Waals surface area contributed by atoms with E-state index in [-0.39, 0.29) is 11.8 Å². The maximum atomic E-state index is 11.6. The van der Waals surface area contributed by atoms with E-state index in [2.05, 4.69) is 17.4 Å². The Bertz CT molecular complexity index is 396. The van der Waals surface area contributed by atoms with Crippen molar-refractivity contribution in [1.29, 1.82) is 0 Å². The normalized spacial score (nSPS) is 19.6. The zero-order valence-corrected chi connectivity index (χ0v) is 10.0. The first-order valence-electron chi connectivity index (χ1n) is 5.86. The summed E-state index contributed by atoms with van der Waals surface area (Å²) in [5.74, 6) is 1.14. The SMILES string of the molecule is CC(C)C(=O)Nc1onc2c1C[C@H](C)CC2. The summed E-state index contributed by atoms with van der Waals surface area (Å²) in [6.07, 6.45) is 3.06. The number of amides is 1. The zero-order valence-electron chi connectivity index (χ0n) is 10.0. The van der Waals surface area contributed by atoms with Gasteiger partial charge in [-0.1, -0.05) is 25.9 Å². The Labute approximate surface area is 95.4 Å². The highest BCUT2D eigenvalue weighted by molar-refractivity contribution is 5.91. The van der Waals surface area contributed by atoms with Crippen molar-refractivity contribution in [2.45, 2.75) is 40.0 Å². The first-order chi connectivity index (χ1) is 7.58. The summed E-state index contributed by atoms with van der Waals surface area (Å²) in [7, 11) is 0. The molecule has 4 heteroatoms. The van der Waals surface area contributed by atoms with Crippen LogP contribution < -0.4 is 5.32 Å². The molecule has 1 amide bonds. The summed E-state index contributed by atoms with van der Waals surface area (Å²) in [5.41, 5.74) is 2.10. The molecule has 1 atom stereocenters. The molecule has 0 radical (unpaired) electrons. The lowest BCUT2D eigenvalue weighted by Crippen LogP contribution is -2.19. The zero-order chi connectivity index (χ0) is 11.7. The molecule has 1 aromatic heterocycles. The second-order valence-corrected chi connectivity index (χ2v) is 4.93. The van der Waals surface area contributed by atoms with Gasteiger partial charge in [0.1, 0.15) is 0 Å². The first kappa shape index (κ1) is 11.2. The van der Waals surface area contributed by atoms with E-state index in [9.17, 15) is 4.79 Å². The minimum absolute atomic E-state index is 0.0165. The second kappa shape index (κ2) is 4.28. The number of rotatable bonds is 2. The van der Waals surface area contributed by atoms with Gasteiger partial charge in [-0.15, -0.1) is 0 Å². The van der Waals surface area contributed by atoms with Crippen LogP contribution in [0, 0.1) is 11.8 Å². The number of aromatic nitrogens is 1. The van der Waals surface area contributed by atoms with Crippen molar-refractivity contribution in [3.63, 3.8) is 0 Å². The van der Waals surface area contributed by atoms with E-state index in [4.69, 9.17) is 4.52 Å². The van der Waals surface area contributed by atoms with Gasteiger partial charge >= 0.3 is 0 Å². The highest BCUT2D eigenvalue weighted by Gasteiger charge is 2.24. The summed E-state index contributed by atoms with van der Waals surface area (Å²) in [6.45, 7) is 5.94. The molecule has 1 aliphatic carbocycles. The number of carbonyl (C=O) groups excluding carboxylic acids is 1. The topological polar surface area (TPSA) is 55.1 Å². The third-order valence-electron chi connectivity index (χ3n) is 3.06. The molecule has 0 bridgehead atoms. The Morgan fingerprint density at radius 3 is 3.00 bits per heavy atom. The molecule has 0 aromatic carbocycles. The third kappa shape index (κ3) is 2.10. The number of carbonyl (C=O) groups is 1. The fourth-order valence-electron chi connectivity index (χ4n) is 1.94. The van der Waals surface area contributed by atoms with Crippen molar-refractivity contribution in [3.05, 3.63) is 11.3 Å². The number of anilines is 1. The van der Waals surface area contributed by atoms with Crippen LogP contribution in [-0.4, -0.2) is 11.1 Å². The van der Waals surface area contributed by atoms with Gasteiger partial charge in [0.25, 0.3) is 0 Å². The Kier molecular flexibility index (Phi) is 2.99. The summed E-state index contributed by atoms with van der Waals surface area (Å²) < 4.78 is 5.20. The molecule has 1 aliphatic rings. The smallest absolute Gasteiger partial charge is 0.234 e. The molecule has 1 N–H and O–H groups in total. The fraction of sp³-hybridized carbons (Fsp3) is 0.667. The molecular formula is C12H18N2O2. The van der Waals surface area contributed by atoms with Crippen molar-refractivity contribution in [3.8, 4) is 0 Å². The fourth-order valence-corrected chi connectivity index (χ4v) is 1.94. The molecule has 2 rings (SSSR count). The lowest BCUT2D eigenvalue weighted by Gasteiger charge is -2.16. The van der Waals surface area contributed by atoms with Crippen molar-refractivity contribution < 1.29 is 9.32 Å². The minimum Gasteiger partial charge on any atom is -0.338 e. The van der Waals surface area contributed by atoms with Crippen molar-refractivity contribution in [1.82, 2.24) is 5.16 Å². The molecule has 1 heterocycles. The van der Waals surface area contributed by atoms with Crippen LogP contribution in [0.25, 0.3) is 0 Å². The third-order valence-corrected chi connectivity index (χ3v) is 3.06. The van der Waals surface area contributed by atoms with Gasteiger partial charge in [0.2, 0.25) is 11.8 Å². The molecule has 16 heavy (non-hydrogen) atoms. The van der Waals surface area contributed by atoms with Gasteiger partial charge in [0.05, 0.1) is 5.69 Å². The maximum Gasteiger partial charge on any atom is 0.234 e. The van der Waals surface area contributed by atoms with Gasteiger partial charge in [-0.05, 0) is 25.2 Å². The molecular weight excluding hydrogens is 204 g/mol. The van der Waals surface area contributed by atoms with Crippen molar-refractivity contribution >= 4 is 11.8 Å². The predicted octanol–water partition coefficient (Wildman–Crippen LogP) is 2.39. The highest BCUT2D eigenvalue weighted by Crippen LogP contribution is 2.30. The van der Waals surface area contributed by atoms with Crippen LogP contribution in [0.5, 0.6) is 0 Å². The molecule has 1 aromatic rings. The van der Waals surface area contributed by atoms with E-state index in [0.717, 1.165) is 30.5 Å². The molecule has 88 valence electrons. The number of nitrogens with one attached hydrogen (secondary N) is 1. The maximum absolute atomic E-state index is 11.6. The highest BCUT2D eigenvalue weighted by atomic mass is 16.5. The van der Waals surface area contributed by atoms with Gasteiger partial charge in [-0.3, -0.25) is 10.1 Å². The van der Waals surface area contributed by atoms with Gasteiger partial charge < -0.3 is 4.52 Å². The van der Waals surface area contributed by atoms with E-state index >= 15 is 0 Å². The van der Waals surface area contributed by atoms with Gasteiger partial charge in [-0.2, -0.15) is 0 Å². The van der Waals surface area contributed by atoms with Gasteiger partial charge in [0.15, 0.2) is 0 Å². The predicted molar refractivity (Wildman–Crippen MR) is 61.2 cm³/mol. The molecule has 0 saturated heterocycles. The van der Waals surface area contributed by atoms with Crippen LogP contribution in [0.15, 0.2) is 4.52 Å². The second-order valence-electron chi connectivity index (χ2n) is 4.93. The quantitative estimate of drug-likeness (QED) is 0.835. The molecule has 0 spiro atoms. The van der Waals surface area contributed by atoms with Gasteiger partial charge in [-0.25, -0.2) is 0 Å². The number of fused-ring (bicyclic) bond motifs is 1. The van der Waals surface area contributed by atoms with E-state index in [1.165, 1.54) is 0 Å². The Balaban J connectivity index is 2.17. The molecule has 0 saturated carbocycles. The van der Waals surface area contributed by atoms with Crippen molar-refractivity contribution in [2.75, 3.05) is 5.32 Å². The Morgan fingerprint density at radius 1 is 1.56 bits per heavy atom. The molecule has 0 fully saturated rings. The summed E-state index contributed by atoms with van der Waals surface area (Å²) in [4.78, 5) is 11.6. The van der Waals surface area contributed by atoms with E-state index in [0.29, 0.717) is 11.8 Å². The van der Waals surface area contributed by atoms with Crippen LogP contribution in [-0.2, 0) is 17.6 Å². The average molecular weight is 222 g/mol. The summed E-state index contributed by atoms with van der Waals surface area (Å²) in [5, 5.41) is 6.82. The number of nitrogens with zero attached hydrogens (tertiary/aromatic N) is 1. The van der Waals surface area contributed by atoms with Crippen LogP contribution in [0.3, 0.4) is 0 Å². The number of aryl methyl sites for hydroxylation is 1. The Morgan fingerprint density at radius 2 is 2.31 bits per heavy atom. The number of hydrogen-bond donors (Lipinski definition) is 1. The lowest BCUT2D eigenvalue weighted by atomic mass is 9.89. The molecule has 0 aliphatic heterocycles. The van der Waals surface area contributed by atoms with Crippen LogP contribution in [0.4, 0.5) is 5.88 Å². The molecule has 0 unspecified atom stereocenters. The number of hydrogen-bond acceptors (Lipinski definition) is 3. The first-order valence-corrected chi connectivity index (χ1v) is 5.86. The summed E-state index contributed by atoms with van der Waals surface area (Å²) in [6, 6.07) is 0. The largest absolute Gasteiger partial charge is 0.338 e. The standard InChI is InChI=1S/C12H18N2O2/c1-7(2)11(15)13-12-9-6-8(3)4-5-10(9)14-16-12/h7-8H,4-6H2,1-3H3,(H,13,15)/t8-/m1/s1. The Hall–Kier alpha value is -1.32. The van der Waals surface area contributed by atoms with E-state index in [1.807, 2.05) is 13.8 Å². The average Bonchev–Trinajstić information content (AvgIpc) is 2.61. The molecule has 4 nitrogen and oxygen atoms in total. The minimum atomic E-state index is -0.0400. The van der Waals surface area contributed by atoms with Crippen LogP contribution in [0.1, 0.15) is 38.4 Å². The van der Waals surface area contributed by atoms with E-state index in [1.54, 1.807) is 0 Å². The summed E-state index contributed by atoms with van der Waals surface area (Å²) >= 11 is 0. The van der Waals surface area contributed by atoms with Crippen LogP contribution >= 0.6 is 0 Å².